The number of esters is 1. The second kappa shape index (κ2) is 6.44. The van der Waals surface area contributed by atoms with Gasteiger partial charge in [-0.3, -0.25) is 4.79 Å². The molecule has 122 valence electrons. The zero-order chi connectivity index (χ0) is 16.4. The van der Waals surface area contributed by atoms with E-state index in [0.29, 0.717) is 5.58 Å². The average molecular weight is 315 g/mol. The lowest BCUT2D eigenvalue weighted by molar-refractivity contribution is -0.137. The van der Waals surface area contributed by atoms with Crippen LogP contribution in [0.4, 0.5) is 0 Å². The van der Waals surface area contributed by atoms with Crippen molar-refractivity contribution in [2.24, 2.45) is 0 Å². The van der Waals surface area contributed by atoms with Gasteiger partial charge in [0.15, 0.2) is 6.61 Å². The van der Waals surface area contributed by atoms with E-state index in [-0.39, 0.29) is 24.3 Å². The Labute approximate surface area is 135 Å². The third-order valence-corrected chi connectivity index (χ3v) is 4.48. The number of rotatable bonds is 3. The van der Waals surface area contributed by atoms with Gasteiger partial charge in [-0.15, -0.1) is 0 Å². The van der Waals surface area contributed by atoms with Crippen molar-refractivity contribution in [2.75, 3.05) is 13.2 Å². The van der Waals surface area contributed by atoms with Gasteiger partial charge in [0.25, 0.3) is 5.91 Å². The molecule has 23 heavy (non-hydrogen) atoms. The van der Waals surface area contributed by atoms with E-state index in [4.69, 9.17) is 9.15 Å². The van der Waals surface area contributed by atoms with E-state index in [1.54, 1.807) is 11.0 Å². The SMILES string of the molecule is Cc1c(C(=O)OCC(=O)N2CCCC[C@@H]2C)oc2ccccc12. The Balaban J connectivity index is 1.66. The van der Waals surface area contributed by atoms with Gasteiger partial charge in [-0.1, -0.05) is 18.2 Å². The van der Waals surface area contributed by atoms with Gasteiger partial charge < -0.3 is 14.1 Å². The number of amides is 1. The molecule has 1 amide bonds. The molecule has 1 aliphatic heterocycles. The summed E-state index contributed by atoms with van der Waals surface area (Å²) in [4.78, 5) is 26.2. The molecule has 1 aliphatic rings. The van der Waals surface area contributed by atoms with Crippen LogP contribution in [-0.4, -0.2) is 36.0 Å². The van der Waals surface area contributed by atoms with Crippen LogP contribution in [0.1, 0.15) is 42.3 Å². The fourth-order valence-corrected chi connectivity index (χ4v) is 3.11. The van der Waals surface area contributed by atoms with Crippen LogP contribution in [0, 0.1) is 6.92 Å². The number of furan rings is 1. The Morgan fingerprint density at radius 2 is 2.09 bits per heavy atom. The van der Waals surface area contributed by atoms with Crippen molar-refractivity contribution in [1.29, 1.82) is 0 Å². The number of carbonyl (C=O) groups excluding carboxylic acids is 2. The van der Waals surface area contributed by atoms with E-state index in [1.807, 2.05) is 32.0 Å². The molecule has 0 unspecified atom stereocenters. The fraction of sp³-hybridized carbons (Fsp3) is 0.444. The maximum atomic E-state index is 12.2. The predicted octanol–water partition coefficient (Wildman–Crippen LogP) is 3.30. The number of carbonyl (C=O) groups is 2. The second-order valence-electron chi connectivity index (χ2n) is 6.06. The van der Waals surface area contributed by atoms with Gasteiger partial charge >= 0.3 is 5.97 Å². The molecular weight excluding hydrogens is 294 g/mol. The van der Waals surface area contributed by atoms with Crippen LogP contribution in [0.25, 0.3) is 11.0 Å². The van der Waals surface area contributed by atoms with Crippen molar-refractivity contribution < 1.29 is 18.7 Å². The van der Waals surface area contributed by atoms with Crippen molar-refractivity contribution in [3.05, 3.63) is 35.6 Å². The van der Waals surface area contributed by atoms with E-state index in [2.05, 4.69) is 0 Å². The highest BCUT2D eigenvalue weighted by Gasteiger charge is 2.25. The first kappa shape index (κ1) is 15.6. The summed E-state index contributed by atoms with van der Waals surface area (Å²) in [6.45, 7) is 4.35. The minimum atomic E-state index is -0.586. The Morgan fingerprint density at radius 3 is 2.83 bits per heavy atom. The zero-order valence-corrected chi connectivity index (χ0v) is 13.5. The number of aryl methyl sites for hydroxylation is 1. The molecular formula is C18H21NO4. The number of fused-ring (bicyclic) bond motifs is 1. The van der Waals surface area contributed by atoms with Crippen molar-refractivity contribution >= 4 is 22.8 Å². The summed E-state index contributed by atoms with van der Waals surface area (Å²) in [5.41, 5.74) is 1.39. The minimum Gasteiger partial charge on any atom is -0.450 e. The molecule has 1 aromatic heterocycles. The Morgan fingerprint density at radius 1 is 1.30 bits per heavy atom. The van der Waals surface area contributed by atoms with Crippen LogP contribution in [0.2, 0.25) is 0 Å². The van der Waals surface area contributed by atoms with Crippen LogP contribution in [0.3, 0.4) is 0 Å². The smallest absolute Gasteiger partial charge is 0.375 e. The number of benzene rings is 1. The summed E-state index contributed by atoms with van der Waals surface area (Å²) in [5.74, 6) is -0.554. The van der Waals surface area contributed by atoms with Crippen LogP contribution in [0.15, 0.2) is 28.7 Å². The van der Waals surface area contributed by atoms with Gasteiger partial charge in [0.2, 0.25) is 5.76 Å². The molecule has 2 aromatic rings. The fourth-order valence-electron chi connectivity index (χ4n) is 3.11. The van der Waals surface area contributed by atoms with E-state index >= 15 is 0 Å². The molecule has 1 saturated heterocycles. The highest BCUT2D eigenvalue weighted by Crippen LogP contribution is 2.25. The predicted molar refractivity (Wildman–Crippen MR) is 86.3 cm³/mol. The highest BCUT2D eigenvalue weighted by molar-refractivity contribution is 5.96. The number of ether oxygens (including phenoxy) is 1. The Kier molecular flexibility index (Phi) is 4.37. The van der Waals surface area contributed by atoms with Crippen LogP contribution < -0.4 is 0 Å². The lowest BCUT2D eigenvalue weighted by Gasteiger charge is -2.33. The van der Waals surface area contributed by atoms with Gasteiger partial charge in [-0.2, -0.15) is 0 Å². The molecule has 1 fully saturated rings. The third-order valence-electron chi connectivity index (χ3n) is 4.48. The molecule has 0 N–H and O–H groups in total. The molecule has 1 atom stereocenters. The highest BCUT2D eigenvalue weighted by atomic mass is 16.5. The first-order valence-electron chi connectivity index (χ1n) is 8.02. The number of hydrogen-bond donors (Lipinski definition) is 0. The summed E-state index contributed by atoms with van der Waals surface area (Å²) < 4.78 is 10.7. The van der Waals surface area contributed by atoms with Gasteiger partial charge in [0, 0.05) is 23.5 Å². The number of nitrogens with zero attached hydrogens (tertiary/aromatic N) is 1. The summed E-state index contributed by atoms with van der Waals surface area (Å²) in [7, 11) is 0. The zero-order valence-electron chi connectivity index (χ0n) is 13.5. The molecule has 3 rings (SSSR count). The van der Waals surface area contributed by atoms with E-state index in [1.165, 1.54) is 0 Å². The Hall–Kier alpha value is -2.30. The van der Waals surface area contributed by atoms with Crippen molar-refractivity contribution in [3.63, 3.8) is 0 Å². The van der Waals surface area contributed by atoms with Crippen LogP contribution >= 0.6 is 0 Å². The molecule has 0 saturated carbocycles. The van der Waals surface area contributed by atoms with Gasteiger partial charge in [0.1, 0.15) is 5.58 Å². The second-order valence-corrected chi connectivity index (χ2v) is 6.06. The van der Waals surface area contributed by atoms with Crippen molar-refractivity contribution in [3.8, 4) is 0 Å². The lowest BCUT2D eigenvalue weighted by atomic mass is 10.0. The molecule has 0 radical (unpaired) electrons. The average Bonchev–Trinajstić information content (AvgIpc) is 2.90. The summed E-state index contributed by atoms with van der Waals surface area (Å²) >= 11 is 0. The maximum absolute atomic E-state index is 12.2. The Bertz CT molecular complexity index is 734. The third kappa shape index (κ3) is 3.09. The number of hydrogen-bond acceptors (Lipinski definition) is 4. The first-order chi connectivity index (χ1) is 11.1. The standard InChI is InChI=1S/C18H21NO4/c1-12-7-5-6-10-19(12)16(20)11-22-18(21)17-13(2)14-8-3-4-9-15(14)23-17/h3-4,8-9,12H,5-7,10-11H2,1-2H3/t12-/m0/s1. The van der Waals surface area contributed by atoms with Crippen LogP contribution in [0.5, 0.6) is 0 Å². The largest absolute Gasteiger partial charge is 0.450 e. The number of likely N-dealkylation sites (tertiary alicyclic amines) is 1. The normalized spacial score (nSPS) is 18.2. The molecule has 2 heterocycles. The number of para-hydroxylation sites is 1. The lowest BCUT2D eigenvalue weighted by Crippen LogP contribution is -2.44. The summed E-state index contributed by atoms with van der Waals surface area (Å²) in [5, 5.41) is 0.885. The topological polar surface area (TPSA) is 59.8 Å². The summed E-state index contributed by atoms with van der Waals surface area (Å²) in [6.07, 6.45) is 3.15. The number of piperidine rings is 1. The molecule has 5 heteroatoms. The monoisotopic (exact) mass is 315 g/mol. The van der Waals surface area contributed by atoms with Crippen molar-refractivity contribution in [2.45, 2.75) is 39.2 Å². The van der Waals surface area contributed by atoms with Crippen molar-refractivity contribution in [1.82, 2.24) is 4.90 Å². The quantitative estimate of drug-likeness (QED) is 0.815. The van der Waals surface area contributed by atoms with Crippen LogP contribution in [-0.2, 0) is 9.53 Å². The van der Waals surface area contributed by atoms with E-state index in [0.717, 1.165) is 36.8 Å². The molecule has 0 spiro atoms. The van der Waals surface area contributed by atoms with Gasteiger partial charge in [-0.25, -0.2) is 4.79 Å². The molecule has 5 nitrogen and oxygen atoms in total. The van der Waals surface area contributed by atoms with Gasteiger partial charge in [0.05, 0.1) is 0 Å². The molecule has 0 aliphatic carbocycles. The molecule has 0 bridgehead atoms. The molecule has 1 aromatic carbocycles. The van der Waals surface area contributed by atoms with Gasteiger partial charge in [-0.05, 0) is 39.2 Å². The maximum Gasteiger partial charge on any atom is 0.375 e. The van der Waals surface area contributed by atoms with E-state index in [9.17, 15) is 9.59 Å². The minimum absolute atomic E-state index is 0.140. The van der Waals surface area contributed by atoms with E-state index < -0.39 is 5.97 Å². The summed E-state index contributed by atoms with van der Waals surface area (Å²) in [6, 6.07) is 7.65. The first-order valence-corrected chi connectivity index (χ1v) is 8.02.